The number of nitrogens with zero attached hydrogens (tertiary/aromatic N) is 1. The molecule has 6 heteroatoms. The third-order valence-electron chi connectivity index (χ3n) is 3.99. The molecule has 1 heterocycles. The van der Waals surface area contributed by atoms with E-state index in [1.807, 2.05) is 0 Å². The minimum Gasteiger partial charge on any atom is -0.352 e. The standard InChI is InChI=1S/C13H25N3O.2ClH/c1-2-3-8-16-9-4-11(5-10-16)15-12(17)13(14)6-7-13;;/h11H,2-10,14H2,1H3,(H,15,17);2*1H. The first kappa shape index (κ1) is 19.0. The summed E-state index contributed by atoms with van der Waals surface area (Å²) in [4.78, 5) is 14.3. The minimum absolute atomic E-state index is 0. The van der Waals surface area contributed by atoms with Crippen LogP contribution in [0.2, 0.25) is 0 Å². The first-order chi connectivity index (χ1) is 8.14. The van der Waals surface area contributed by atoms with Crippen LogP contribution in [0.3, 0.4) is 0 Å². The van der Waals surface area contributed by atoms with Gasteiger partial charge in [0.1, 0.15) is 0 Å². The molecule has 0 spiro atoms. The van der Waals surface area contributed by atoms with Gasteiger partial charge in [0.15, 0.2) is 0 Å². The number of unbranched alkanes of at least 4 members (excludes halogenated alkanes) is 1. The van der Waals surface area contributed by atoms with E-state index in [1.54, 1.807) is 0 Å². The van der Waals surface area contributed by atoms with Gasteiger partial charge in [0.25, 0.3) is 0 Å². The fraction of sp³-hybridized carbons (Fsp3) is 0.923. The largest absolute Gasteiger partial charge is 0.352 e. The van der Waals surface area contributed by atoms with Crippen LogP contribution in [-0.2, 0) is 4.79 Å². The van der Waals surface area contributed by atoms with E-state index in [0.717, 1.165) is 38.8 Å². The van der Waals surface area contributed by atoms with Crippen LogP contribution in [0.25, 0.3) is 0 Å². The minimum atomic E-state index is -0.515. The summed E-state index contributed by atoms with van der Waals surface area (Å²) in [5.41, 5.74) is 5.36. The summed E-state index contributed by atoms with van der Waals surface area (Å²) in [7, 11) is 0. The molecule has 0 atom stereocenters. The van der Waals surface area contributed by atoms with Crippen molar-refractivity contribution in [3.05, 3.63) is 0 Å². The Hall–Kier alpha value is -0.0300. The molecule has 0 aromatic rings. The van der Waals surface area contributed by atoms with E-state index >= 15 is 0 Å². The lowest BCUT2D eigenvalue weighted by molar-refractivity contribution is -0.124. The quantitative estimate of drug-likeness (QED) is 0.812. The van der Waals surface area contributed by atoms with Crippen LogP contribution < -0.4 is 11.1 Å². The first-order valence-electron chi connectivity index (χ1n) is 6.96. The summed E-state index contributed by atoms with van der Waals surface area (Å²) in [5, 5.41) is 3.11. The number of nitrogens with two attached hydrogens (primary N) is 1. The van der Waals surface area contributed by atoms with Gasteiger partial charge in [-0.3, -0.25) is 4.79 Å². The highest BCUT2D eigenvalue weighted by Gasteiger charge is 2.46. The summed E-state index contributed by atoms with van der Waals surface area (Å²) in [6.07, 6.45) is 6.40. The van der Waals surface area contributed by atoms with E-state index in [-0.39, 0.29) is 30.7 Å². The van der Waals surface area contributed by atoms with Crippen LogP contribution >= 0.6 is 24.8 Å². The normalized spacial score (nSPS) is 22.0. The molecule has 0 aromatic heterocycles. The maximum atomic E-state index is 11.8. The molecule has 0 aromatic carbocycles. The van der Waals surface area contributed by atoms with E-state index in [4.69, 9.17) is 5.73 Å². The predicted octanol–water partition coefficient (Wildman–Crippen LogP) is 1.70. The molecule has 3 N–H and O–H groups in total. The molecule has 0 bridgehead atoms. The SMILES string of the molecule is CCCCN1CCC(NC(=O)C2(N)CC2)CC1.Cl.Cl. The van der Waals surface area contributed by atoms with Crippen LogP contribution in [0.15, 0.2) is 0 Å². The van der Waals surface area contributed by atoms with Crippen molar-refractivity contribution in [1.29, 1.82) is 0 Å². The topological polar surface area (TPSA) is 58.4 Å². The van der Waals surface area contributed by atoms with Crippen molar-refractivity contribution in [2.45, 2.75) is 57.0 Å². The summed E-state index contributed by atoms with van der Waals surface area (Å²) >= 11 is 0. The van der Waals surface area contributed by atoms with Crippen molar-refractivity contribution < 1.29 is 4.79 Å². The Morgan fingerprint density at radius 1 is 1.32 bits per heavy atom. The van der Waals surface area contributed by atoms with Gasteiger partial charge in [0.05, 0.1) is 5.54 Å². The molecule has 1 saturated carbocycles. The van der Waals surface area contributed by atoms with Gasteiger partial charge >= 0.3 is 0 Å². The molecule has 2 rings (SSSR count). The highest BCUT2D eigenvalue weighted by Crippen LogP contribution is 2.32. The van der Waals surface area contributed by atoms with Gasteiger partial charge in [-0.25, -0.2) is 0 Å². The summed E-state index contributed by atoms with van der Waals surface area (Å²) in [5.74, 6) is 0.0736. The van der Waals surface area contributed by atoms with E-state index < -0.39 is 5.54 Å². The van der Waals surface area contributed by atoms with Gasteiger partial charge in [-0.15, -0.1) is 24.8 Å². The third-order valence-corrected chi connectivity index (χ3v) is 3.99. The van der Waals surface area contributed by atoms with Crippen molar-refractivity contribution in [1.82, 2.24) is 10.2 Å². The maximum absolute atomic E-state index is 11.8. The van der Waals surface area contributed by atoms with Gasteiger partial charge in [-0.05, 0) is 38.6 Å². The van der Waals surface area contributed by atoms with E-state index in [0.29, 0.717) is 6.04 Å². The average molecular weight is 312 g/mol. The van der Waals surface area contributed by atoms with Crippen molar-refractivity contribution >= 4 is 30.7 Å². The van der Waals surface area contributed by atoms with E-state index in [9.17, 15) is 4.79 Å². The lowest BCUT2D eigenvalue weighted by atomic mass is 10.0. The summed E-state index contributed by atoms with van der Waals surface area (Å²) < 4.78 is 0. The Morgan fingerprint density at radius 3 is 2.37 bits per heavy atom. The average Bonchev–Trinajstić information content (AvgIpc) is 3.08. The number of likely N-dealkylation sites (tertiary alicyclic amines) is 1. The van der Waals surface area contributed by atoms with Crippen LogP contribution in [-0.4, -0.2) is 42.0 Å². The van der Waals surface area contributed by atoms with Crippen molar-refractivity contribution in [3.63, 3.8) is 0 Å². The number of piperidine rings is 1. The molecule has 19 heavy (non-hydrogen) atoms. The second-order valence-electron chi connectivity index (χ2n) is 5.60. The number of halogens is 2. The van der Waals surface area contributed by atoms with E-state index in [1.165, 1.54) is 19.4 Å². The number of rotatable bonds is 5. The number of carbonyl (C=O) groups is 1. The van der Waals surface area contributed by atoms with E-state index in [2.05, 4.69) is 17.1 Å². The molecular weight excluding hydrogens is 285 g/mol. The van der Waals surface area contributed by atoms with Crippen molar-refractivity contribution in [2.24, 2.45) is 5.73 Å². The number of nitrogens with one attached hydrogen (secondary N) is 1. The second-order valence-corrected chi connectivity index (χ2v) is 5.60. The van der Waals surface area contributed by atoms with Crippen molar-refractivity contribution in [3.8, 4) is 0 Å². The Kier molecular flexibility index (Phi) is 8.29. The Labute approximate surface area is 128 Å². The van der Waals surface area contributed by atoms with Crippen LogP contribution in [0.4, 0.5) is 0 Å². The monoisotopic (exact) mass is 311 g/mol. The number of amides is 1. The molecule has 0 radical (unpaired) electrons. The Balaban J connectivity index is 0.00000162. The second kappa shape index (κ2) is 8.30. The highest BCUT2D eigenvalue weighted by molar-refractivity contribution is 5.89. The molecule has 114 valence electrons. The smallest absolute Gasteiger partial charge is 0.240 e. The number of hydrogen-bond acceptors (Lipinski definition) is 3. The van der Waals surface area contributed by atoms with Crippen LogP contribution in [0.5, 0.6) is 0 Å². The molecule has 4 nitrogen and oxygen atoms in total. The zero-order chi connectivity index (χ0) is 12.3. The molecule has 1 amide bonds. The maximum Gasteiger partial charge on any atom is 0.240 e. The summed E-state index contributed by atoms with van der Waals surface area (Å²) in [6.45, 7) is 5.66. The Bertz CT molecular complexity index is 277. The number of hydrogen-bond donors (Lipinski definition) is 2. The van der Waals surface area contributed by atoms with Gasteiger partial charge < -0.3 is 16.0 Å². The highest BCUT2D eigenvalue weighted by atomic mass is 35.5. The predicted molar refractivity (Wildman–Crippen MR) is 83.2 cm³/mol. The lowest BCUT2D eigenvalue weighted by Gasteiger charge is -2.32. The molecule has 2 fully saturated rings. The van der Waals surface area contributed by atoms with Crippen molar-refractivity contribution in [2.75, 3.05) is 19.6 Å². The molecule has 1 aliphatic heterocycles. The third kappa shape index (κ3) is 5.46. The molecule has 2 aliphatic rings. The molecular formula is C13H27Cl2N3O. The molecule has 1 saturated heterocycles. The number of carbonyl (C=O) groups excluding carboxylic acids is 1. The van der Waals surface area contributed by atoms with Gasteiger partial charge in [0, 0.05) is 19.1 Å². The summed E-state index contributed by atoms with van der Waals surface area (Å²) in [6, 6.07) is 0.349. The first-order valence-corrected chi connectivity index (χ1v) is 6.96. The molecule has 1 aliphatic carbocycles. The van der Waals surface area contributed by atoms with Gasteiger partial charge in [0.2, 0.25) is 5.91 Å². The lowest BCUT2D eigenvalue weighted by Crippen LogP contribution is -2.50. The van der Waals surface area contributed by atoms with Crippen LogP contribution in [0, 0.1) is 0 Å². The fourth-order valence-corrected chi connectivity index (χ4v) is 2.37. The molecule has 0 unspecified atom stereocenters. The zero-order valence-electron chi connectivity index (χ0n) is 11.7. The van der Waals surface area contributed by atoms with Gasteiger partial charge in [-0.1, -0.05) is 13.3 Å². The Morgan fingerprint density at radius 2 is 1.89 bits per heavy atom. The van der Waals surface area contributed by atoms with Crippen LogP contribution in [0.1, 0.15) is 45.4 Å². The zero-order valence-corrected chi connectivity index (χ0v) is 13.3. The fourth-order valence-electron chi connectivity index (χ4n) is 2.37. The van der Waals surface area contributed by atoms with Gasteiger partial charge in [-0.2, -0.15) is 0 Å².